The molecule has 0 N–H and O–H groups in total. The summed E-state index contributed by atoms with van der Waals surface area (Å²) in [5.74, 6) is 0.846. The van der Waals surface area contributed by atoms with Gasteiger partial charge in [-0.25, -0.2) is 8.42 Å². The monoisotopic (exact) mass is 321 g/mol. The molecule has 0 atom stereocenters. The first kappa shape index (κ1) is 14.9. The molecule has 0 bridgehead atoms. The Hall–Kier alpha value is -2.06. The molecule has 0 unspecified atom stereocenters. The van der Waals surface area contributed by atoms with Gasteiger partial charge >= 0.3 is 0 Å². The lowest BCUT2D eigenvalue weighted by Gasteiger charge is -2.35. The molecule has 1 aromatic carbocycles. The van der Waals surface area contributed by atoms with Crippen LogP contribution in [0.1, 0.15) is 34.9 Å². The fourth-order valence-electron chi connectivity index (χ4n) is 2.28. The molecule has 7 nitrogen and oxygen atoms in total. The molecule has 2 aromatic rings. The lowest BCUT2D eigenvalue weighted by Crippen LogP contribution is -2.48. The van der Waals surface area contributed by atoms with Gasteiger partial charge in [0, 0.05) is 18.7 Å². The zero-order chi connectivity index (χ0) is 15.9. The Kier molecular flexibility index (Phi) is 3.57. The summed E-state index contributed by atoms with van der Waals surface area (Å²) in [6.45, 7) is 3.80. The van der Waals surface area contributed by atoms with Crippen molar-refractivity contribution in [1.29, 1.82) is 0 Å². The number of aromatic nitrogens is 2. The molecular weight excluding hydrogens is 306 g/mol. The molecule has 2 heterocycles. The van der Waals surface area contributed by atoms with Gasteiger partial charge in [0.1, 0.15) is 0 Å². The lowest BCUT2D eigenvalue weighted by molar-refractivity contribution is 0.101. The molecule has 0 spiro atoms. The van der Waals surface area contributed by atoms with Gasteiger partial charge in [-0.1, -0.05) is 17.3 Å². The molecule has 8 heteroatoms. The molecule has 3 rings (SSSR count). The number of aryl methyl sites for hydroxylation is 1. The highest BCUT2D eigenvalue weighted by atomic mass is 32.2. The van der Waals surface area contributed by atoms with Crippen molar-refractivity contribution in [2.24, 2.45) is 0 Å². The maximum atomic E-state index is 12.5. The van der Waals surface area contributed by atoms with E-state index in [9.17, 15) is 13.2 Å². The summed E-state index contributed by atoms with van der Waals surface area (Å²) in [5, 5.41) is 3.71. The Bertz CT molecular complexity index is 805. The fraction of sp³-hybridized carbons (Fsp3) is 0.357. The van der Waals surface area contributed by atoms with E-state index < -0.39 is 10.0 Å². The van der Waals surface area contributed by atoms with Gasteiger partial charge in [-0.3, -0.25) is 4.79 Å². The highest BCUT2D eigenvalue weighted by Gasteiger charge is 2.40. The molecule has 0 saturated carbocycles. The Morgan fingerprint density at radius 3 is 2.41 bits per heavy atom. The molecule has 22 heavy (non-hydrogen) atoms. The van der Waals surface area contributed by atoms with Crippen molar-refractivity contribution in [3.05, 3.63) is 41.5 Å². The topological polar surface area (TPSA) is 93.4 Å². The molecule has 1 fully saturated rings. The van der Waals surface area contributed by atoms with E-state index in [1.54, 1.807) is 6.92 Å². The standard InChI is InChI=1S/C14H15N3O4S/c1-9(18)11-3-5-13(6-4-11)22(19,20)17-7-12(8-17)14-15-10(2)16-21-14/h3-6,12H,7-8H2,1-2H3. The Morgan fingerprint density at radius 2 is 1.91 bits per heavy atom. The molecule has 0 radical (unpaired) electrons. The van der Waals surface area contributed by atoms with Gasteiger partial charge in [0.15, 0.2) is 11.6 Å². The predicted octanol–water partition coefficient (Wildman–Crippen LogP) is 1.37. The highest BCUT2D eigenvalue weighted by molar-refractivity contribution is 7.89. The summed E-state index contributed by atoms with van der Waals surface area (Å²) in [4.78, 5) is 15.5. The van der Waals surface area contributed by atoms with Crippen LogP contribution in [0.25, 0.3) is 0 Å². The van der Waals surface area contributed by atoms with Gasteiger partial charge in [0.2, 0.25) is 15.9 Å². The number of nitrogens with zero attached hydrogens (tertiary/aromatic N) is 3. The SMILES string of the molecule is CC(=O)c1ccc(S(=O)(=O)N2CC(c3nc(C)no3)C2)cc1. The van der Waals surface area contributed by atoms with Crippen LogP contribution in [0.2, 0.25) is 0 Å². The average Bonchev–Trinajstić information content (AvgIpc) is 2.83. The first-order chi connectivity index (χ1) is 10.4. The molecule has 1 saturated heterocycles. The Labute approximate surface area is 128 Å². The van der Waals surface area contributed by atoms with E-state index in [0.717, 1.165) is 0 Å². The van der Waals surface area contributed by atoms with Crippen molar-refractivity contribution in [1.82, 2.24) is 14.4 Å². The molecule has 0 amide bonds. The van der Waals surface area contributed by atoms with Crippen molar-refractivity contribution in [3.63, 3.8) is 0 Å². The second-order valence-electron chi connectivity index (χ2n) is 5.28. The van der Waals surface area contributed by atoms with Crippen molar-refractivity contribution < 1.29 is 17.7 Å². The van der Waals surface area contributed by atoms with E-state index in [2.05, 4.69) is 10.1 Å². The van der Waals surface area contributed by atoms with Crippen LogP contribution in [0, 0.1) is 6.92 Å². The lowest BCUT2D eigenvalue weighted by atomic mass is 10.0. The zero-order valence-corrected chi connectivity index (χ0v) is 13.0. The van der Waals surface area contributed by atoms with Crippen LogP contribution in [-0.4, -0.2) is 41.7 Å². The minimum atomic E-state index is -3.55. The van der Waals surface area contributed by atoms with Crippen LogP contribution in [0.3, 0.4) is 0 Å². The van der Waals surface area contributed by atoms with Gasteiger partial charge in [-0.2, -0.15) is 9.29 Å². The summed E-state index contributed by atoms with van der Waals surface area (Å²) in [5.41, 5.74) is 0.488. The number of sulfonamides is 1. The first-order valence-corrected chi connectivity index (χ1v) is 8.23. The van der Waals surface area contributed by atoms with E-state index in [-0.39, 0.29) is 16.6 Å². The smallest absolute Gasteiger partial charge is 0.243 e. The van der Waals surface area contributed by atoms with Gasteiger partial charge in [-0.15, -0.1) is 0 Å². The molecule has 1 aliphatic heterocycles. The number of carbonyl (C=O) groups excluding carboxylic acids is 1. The molecular formula is C14H15N3O4S. The van der Waals surface area contributed by atoms with Crippen molar-refractivity contribution in [3.8, 4) is 0 Å². The van der Waals surface area contributed by atoms with E-state index in [0.29, 0.717) is 30.4 Å². The summed E-state index contributed by atoms with van der Waals surface area (Å²) in [6.07, 6.45) is 0. The number of rotatable bonds is 4. The average molecular weight is 321 g/mol. The molecule has 116 valence electrons. The van der Waals surface area contributed by atoms with E-state index in [1.807, 2.05) is 0 Å². The molecule has 0 aliphatic carbocycles. The minimum absolute atomic E-state index is 0.0625. The highest BCUT2D eigenvalue weighted by Crippen LogP contribution is 2.31. The van der Waals surface area contributed by atoms with Crippen LogP contribution >= 0.6 is 0 Å². The Balaban J connectivity index is 1.73. The van der Waals surface area contributed by atoms with Crippen LogP contribution in [-0.2, 0) is 10.0 Å². The third kappa shape index (κ3) is 2.55. The van der Waals surface area contributed by atoms with E-state index in [1.165, 1.54) is 35.5 Å². The molecule has 1 aromatic heterocycles. The van der Waals surface area contributed by atoms with Crippen LogP contribution in [0.15, 0.2) is 33.7 Å². The molecule has 1 aliphatic rings. The number of hydrogen-bond acceptors (Lipinski definition) is 6. The number of benzene rings is 1. The second-order valence-corrected chi connectivity index (χ2v) is 7.22. The van der Waals surface area contributed by atoms with Crippen LogP contribution in [0.5, 0.6) is 0 Å². The van der Waals surface area contributed by atoms with Gasteiger partial charge < -0.3 is 4.52 Å². The van der Waals surface area contributed by atoms with E-state index in [4.69, 9.17) is 4.52 Å². The third-order valence-electron chi connectivity index (χ3n) is 3.64. The normalized spacial score (nSPS) is 16.5. The largest absolute Gasteiger partial charge is 0.339 e. The summed E-state index contributed by atoms with van der Waals surface area (Å²) >= 11 is 0. The third-order valence-corrected chi connectivity index (χ3v) is 5.49. The van der Waals surface area contributed by atoms with Crippen molar-refractivity contribution >= 4 is 15.8 Å². The number of ketones is 1. The quantitative estimate of drug-likeness (QED) is 0.790. The van der Waals surface area contributed by atoms with Crippen molar-refractivity contribution in [2.45, 2.75) is 24.7 Å². The summed E-state index contributed by atoms with van der Waals surface area (Å²) in [7, 11) is -3.55. The van der Waals surface area contributed by atoms with Gasteiger partial charge in [0.05, 0.1) is 10.8 Å². The van der Waals surface area contributed by atoms with E-state index >= 15 is 0 Å². The minimum Gasteiger partial charge on any atom is -0.339 e. The number of Topliss-reactive ketones (excluding diaryl/α,β-unsaturated/α-hetero) is 1. The zero-order valence-electron chi connectivity index (χ0n) is 12.2. The van der Waals surface area contributed by atoms with Gasteiger partial charge in [-0.05, 0) is 26.0 Å². The summed E-state index contributed by atoms with van der Waals surface area (Å²) < 4.78 is 31.3. The predicted molar refractivity (Wildman–Crippen MR) is 77.0 cm³/mol. The van der Waals surface area contributed by atoms with Crippen LogP contribution < -0.4 is 0 Å². The maximum Gasteiger partial charge on any atom is 0.243 e. The summed E-state index contributed by atoms with van der Waals surface area (Å²) in [6, 6.07) is 5.95. The number of carbonyl (C=O) groups is 1. The first-order valence-electron chi connectivity index (χ1n) is 6.79. The second kappa shape index (κ2) is 5.29. The van der Waals surface area contributed by atoms with Gasteiger partial charge in [0.25, 0.3) is 0 Å². The van der Waals surface area contributed by atoms with Crippen LogP contribution in [0.4, 0.5) is 0 Å². The fourth-order valence-corrected chi connectivity index (χ4v) is 3.81. The Morgan fingerprint density at radius 1 is 1.27 bits per heavy atom. The maximum absolute atomic E-state index is 12.5. The number of hydrogen-bond donors (Lipinski definition) is 0. The van der Waals surface area contributed by atoms with Crippen molar-refractivity contribution in [2.75, 3.05) is 13.1 Å².